The molecule has 1 aliphatic heterocycles. The lowest BCUT2D eigenvalue weighted by Crippen LogP contribution is -2.49. The second-order valence-corrected chi connectivity index (χ2v) is 9.13. The Kier molecular flexibility index (Phi) is 6.41. The Morgan fingerprint density at radius 2 is 1.69 bits per heavy atom. The van der Waals surface area contributed by atoms with Gasteiger partial charge in [-0.3, -0.25) is 14.4 Å². The van der Waals surface area contributed by atoms with Crippen LogP contribution in [-0.2, 0) is 11.8 Å². The first-order chi connectivity index (χ1) is 15.3. The van der Waals surface area contributed by atoms with E-state index in [2.05, 4.69) is 76.1 Å². The predicted octanol–water partition coefficient (Wildman–Crippen LogP) is 3.37. The zero-order valence-electron chi connectivity index (χ0n) is 19.7. The minimum atomic E-state index is 0.0464. The van der Waals surface area contributed by atoms with Crippen molar-refractivity contribution in [2.45, 2.75) is 39.5 Å². The average Bonchev–Trinajstić information content (AvgIpc) is 3.15. The van der Waals surface area contributed by atoms with E-state index in [1.807, 2.05) is 13.2 Å². The molecule has 1 N–H and O–H groups in total. The first-order valence-corrected chi connectivity index (χ1v) is 11.4. The van der Waals surface area contributed by atoms with Gasteiger partial charge in [0.05, 0.1) is 18.1 Å². The Bertz CT molecular complexity index is 1070. The summed E-state index contributed by atoms with van der Waals surface area (Å²) in [4.78, 5) is 26.3. The number of nitrogens with one attached hydrogen (secondary N) is 1. The van der Waals surface area contributed by atoms with Crippen LogP contribution in [0.25, 0.3) is 11.0 Å². The van der Waals surface area contributed by atoms with E-state index in [1.165, 1.54) is 11.1 Å². The van der Waals surface area contributed by atoms with Crippen LogP contribution in [0.3, 0.4) is 0 Å². The standard InChI is InChI=1S/C24H33N7O/c1-16(2)18-7-6-8-19(17(3)4)22(18)28-21(32)14-30-9-11-31(12-10-30)24-20-13-27-29(5)23(20)25-15-26-24/h6-8,13,15-17H,9-12,14H2,1-5H3,(H,28,32). The lowest BCUT2D eigenvalue weighted by Gasteiger charge is -2.35. The molecule has 3 aromatic rings. The van der Waals surface area contributed by atoms with E-state index < -0.39 is 0 Å². The maximum absolute atomic E-state index is 13.0. The molecule has 1 aliphatic rings. The Morgan fingerprint density at radius 1 is 1.03 bits per heavy atom. The summed E-state index contributed by atoms with van der Waals surface area (Å²) in [5, 5.41) is 8.51. The third-order valence-corrected chi connectivity index (χ3v) is 6.18. The Labute approximate surface area is 189 Å². The van der Waals surface area contributed by atoms with Gasteiger partial charge >= 0.3 is 0 Å². The van der Waals surface area contributed by atoms with Crippen molar-refractivity contribution in [3.8, 4) is 0 Å². The number of carbonyl (C=O) groups excluding carboxylic acids is 1. The molecule has 0 saturated carbocycles. The Morgan fingerprint density at radius 3 is 2.31 bits per heavy atom. The zero-order valence-corrected chi connectivity index (χ0v) is 19.7. The number of aromatic nitrogens is 4. The number of amides is 1. The van der Waals surface area contributed by atoms with Crippen LogP contribution in [0.1, 0.15) is 50.7 Å². The fourth-order valence-corrected chi connectivity index (χ4v) is 4.40. The van der Waals surface area contributed by atoms with Crippen molar-refractivity contribution >= 4 is 28.4 Å². The number of carbonyl (C=O) groups is 1. The van der Waals surface area contributed by atoms with Crippen molar-refractivity contribution < 1.29 is 4.79 Å². The quantitative estimate of drug-likeness (QED) is 0.640. The molecular formula is C24H33N7O. The maximum atomic E-state index is 13.0. The molecule has 0 spiro atoms. The third kappa shape index (κ3) is 4.46. The van der Waals surface area contributed by atoms with E-state index in [9.17, 15) is 4.79 Å². The molecule has 1 saturated heterocycles. The Hall–Kier alpha value is -3.00. The fourth-order valence-electron chi connectivity index (χ4n) is 4.40. The second kappa shape index (κ2) is 9.24. The van der Waals surface area contributed by atoms with Crippen molar-refractivity contribution in [1.82, 2.24) is 24.6 Å². The zero-order chi connectivity index (χ0) is 22.8. The minimum Gasteiger partial charge on any atom is -0.353 e. The molecule has 1 fully saturated rings. The van der Waals surface area contributed by atoms with Gasteiger partial charge < -0.3 is 10.2 Å². The van der Waals surface area contributed by atoms with Gasteiger partial charge in [0.2, 0.25) is 5.91 Å². The minimum absolute atomic E-state index is 0.0464. The van der Waals surface area contributed by atoms with Gasteiger partial charge in [0.1, 0.15) is 12.1 Å². The Balaban J connectivity index is 1.40. The number of para-hydroxylation sites is 1. The van der Waals surface area contributed by atoms with Crippen LogP contribution in [0.5, 0.6) is 0 Å². The molecule has 8 heteroatoms. The normalized spacial score (nSPS) is 15.2. The summed E-state index contributed by atoms with van der Waals surface area (Å²) in [6, 6.07) is 6.32. The number of piperazine rings is 1. The smallest absolute Gasteiger partial charge is 0.238 e. The topological polar surface area (TPSA) is 79.2 Å². The maximum Gasteiger partial charge on any atom is 0.238 e. The lowest BCUT2D eigenvalue weighted by molar-refractivity contribution is -0.117. The van der Waals surface area contributed by atoms with E-state index in [-0.39, 0.29) is 5.91 Å². The molecule has 2 aromatic heterocycles. The number of fused-ring (bicyclic) bond motifs is 1. The number of aryl methyl sites for hydroxylation is 1. The lowest BCUT2D eigenvalue weighted by atomic mass is 9.92. The van der Waals surface area contributed by atoms with Crippen molar-refractivity contribution in [1.29, 1.82) is 0 Å². The van der Waals surface area contributed by atoms with Crippen LogP contribution in [0.15, 0.2) is 30.7 Å². The first kappa shape index (κ1) is 22.2. The number of hydrogen-bond acceptors (Lipinski definition) is 6. The average molecular weight is 436 g/mol. The first-order valence-electron chi connectivity index (χ1n) is 11.4. The highest BCUT2D eigenvalue weighted by atomic mass is 16.2. The molecule has 0 radical (unpaired) electrons. The van der Waals surface area contributed by atoms with Gasteiger partial charge in [-0.15, -0.1) is 0 Å². The number of hydrogen-bond donors (Lipinski definition) is 1. The summed E-state index contributed by atoms with van der Waals surface area (Å²) in [6.45, 7) is 12.3. The van der Waals surface area contributed by atoms with Crippen molar-refractivity contribution in [2.24, 2.45) is 7.05 Å². The van der Waals surface area contributed by atoms with Crippen LogP contribution in [0.2, 0.25) is 0 Å². The van der Waals surface area contributed by atoms with Crippen LogP contribution >= 0.6 is 0 Å². The summed E-state index contributed by atoms with van der Waals surface area (Å²) < 4.78 is 1.77. The number of nitrogens with zero attached hydrogens (tertiary/aromatic N) is 6. The number of anilines is 2. The van der Waals surface area contributed by atoms with Crippen LogP contribution < -0.4 is 10.2 Å². The predicted molar refractivity (Wildman–Crippen MR) is 128 cm³/mol. The molecule has 0 atom stereocenters. The van der Waals surface area contributed by atoms with Crippen LogP contribution in [0.4, 0.5) is 11.5 Å². The van der Waals surface area contributed by atoms with Gasteiger partial charge in [-0.25, -0.2) is 9.97 Å². The van der Waals surface area contributed by atoms with Crippen molar-refractivity contribution in [2.75, 3.05) is 42.9 Å². The molecule has 1 amide bonds. The van der Waals surface area contributed by atoms with Gasteiger partial charge in [0.25, 0.3) is 0 Å². The van der Waals surface area contributed by atoms with Crippen LogP contribution in [-0.4, -0.2) is 63.3 Å². The molecule has 170 valence electrons. The third-order valence-electron chi connectivity index (χ3n) is 6.18. The van der Waals surface area contributed by atoms with Crippen molar-refractivity contribution in [3.63, 3.8) is 0 Å². The molecule has 3 heterocycles. The van der Waals surface area contributed by atoms with Gasteiger partial charge in [0.15, 0.2) is 5.65 Å². The monoisotopic (exact) mass is 435 g/mol. The highest BCUT2D eigenvalue weighted by Crippen LogP contribution is 2.32. The van der Waals surface area contributed by atoms with E-state index in [0.29, 0.717) is 18.4 Å². The van der Waals surface area contributed by atoms with Gasteiger partial charge in [-0.05, 0) is 23.0 Å². The van der Waals surface area contributed by atoms with Gasteiger partial charge in [-0.1, -0.05) is 45.9 Å². The molecular weight excluding hydrogens is 402 g/mol. The van der Waals surface area contributed by atoms with E-state index in [4.69, 9.17) is 0 Å². The van der Waals surface area contributed by atoms with Gasteiger partial charge in [0, 0.05) is 38.9 Å². The summed E-state index contributed by atoms with van der Waals surface area (Å²) >= 11 is 0. The highest BCUT2D eigenvalue weighted by molar-refractivity contribution is 5.94. The molecule has 0 aliphatic carbocycles. The number of benzene rings is 1. The highest BCUT2D eigenvalue weighted by Gasteiger charge is 2.23. The summed E-state index contributed by atoms with van der Waals surface area (Å²) in [7, 11) is 1.89. The molecule has 0 bridgehead atoms. The van der Waals surface area contributed by atoms with E-state index in [0.717, 1.165) is 48.7 Å². The molecule has 0 unspecified atom stereocenters. The SMILES string of the molecule is CC(C)c1cccc(C(C)C)c1NC(=O)CN1CCN(c2ncnc3c2cnn3C)CC1. The summed E-state index contributed by atoms with van der Waals surface area (Å²) in [5.74, 6) is 1.67. The molecule has 32 heavy (non-hydrogen) atoms. The summed E-state index contributed by atoms with van der Waals surface area (Å²) in [6.07, 6.45) is 3.42. The fraction of sp³-hybridized carbons (Fsp3) is 0.500. The van der Waals surface area contributed by atoms with Crippen molar-refractivity contribution in [3.05, 3.63) is 41.9 Å². The number of rotatable bonds is 6. The van der Waals surface area contributed by atoms with Gasteiger partial charge in [-0.2, -0.15) is 5.10 Å². The molecule has 4 rings (SSSR count). The van der Waals surface area contributed by atoms with E-state index in [1.54, 1.807) is 11.0 Å². The molecule has 1 aromatic carbocycles. The van der Waals surface area contributed by atoms with Crippen LogP contribution in [0, 0.1) is 0 Å². The van der Waals surface area contributed by atoms with E-state index >= 15 is 0 Å². The molecule has 8 nitrogen and oxygen atoms in total. The summed E-state index contributed by atoms with van der Waals surface area (Å²) in [5.41, 5.74) is 4.21. The second-order valence-electron chi connectivity index (χ2n) is 9.13. The largest absolute Gasteiger partial charge is 0.353 e.